The summed E-state index contributed by atoms with van der Waals surface area (Å²) in [7, 11) is 1.91. The molecule has 4 N–H and O–H groups in total. The SMILES string of the molecule is CN1CCC(c2c(O)cc(O)c3c(=O)cc(Nc4ccccc4)oc23)C(O)C1. The van der Waals surface area contributed by atoms with Crippen LogP contribution in [0.2, 0.25) is 0 Å². The van der Waals surface area contributed by atoms with Gasteiger partial charge in [-0.15, -0.1) is 0 Å². The Morgan fingerprint density at radius 1 is 1.14 bits per heavy atom. The van der Waals surface area contributed by atoms with Gasteiger partial charge in [-0.3, -0.25) is 4.79 Å². The topological polar surface area (TPSA) is 106 Å². The highest BCUT2D eigenvalue weighted by Crippen LogP contribution is 2.42. The van der Waals surface area contributed by atoms with E-state index in [-0.39, 0.29) is 28.4 Å². The van der Waals surface area contributed by atoms with Gasteiger partial charge >= 0.3 is 0 Å². The standard InChI is InChI=1S/C21H22N2O5/c1-23-8-7-13(17(27)11-23)19-14(24)9-15(25)20-16(26)10-18(28-21(19)20)22-12-5-3-2-4-6-12/h2-6,9-10,13,17,22,24-25,27H,7-8,11H2,1H3. The summed E-state index contributed by atoms with van der Waals surface area (Å²) >= 11 is 0. The van der Waals surface area contributed by atoms with Crippen molar-refractivity contribution in [2.45, 2.75) is 18.4 Å². The summed E-state index contributed by atoms with van der Waals surface area (Å²) in [5.74, 6) is -0.760. The molecule has 1 aromatic heterocycles. The number of aromatic hydroxyl groups is 2. The van der Waals surface area contributed by atoms with Gasteiger partial charge in [0, 0.05) is 35.8 Å². The van der Waals surface area contributed by atoms with Crippen LogP contribution in [0.1, 0.15) is 17.9 Å². The lowest BCUT2D eigenvalue weighted by atomic mass is 9.85. The molecule has 7 nitrogen and oxygen atoms in total. The molecule has 7 heteroatoms. The van der Waals surface area contributed by atoms with Gasteiger partial charge in [0.1, 0.15) is 16.9 Å². The molecule has 3 aromatic rings. The van der Waals surface area contributed by atoms with E-state index >= 15 is 0 Å². The summed E-state index contributed by atoms with van der Waals surface area (Å²) in [5.41, 5.74) is 0.746. The highest BCUT2D eigenvalue weighted by molar-refractivity contribution is 5.89. The highest BCUT2D eigenvalue weighted by atomic mass is 16.4. The molecule has 2 aromatic carbocycles. The Morgan fingerprint density at radius 2 is 1.89 bits per heavy atom. The van der Waals surface area contributed by atoms with Gasteiger partial charge in [0.2, 0.25) is 5.88 Å². The number of para-hydroxylation sites is 1. The number of likely N-dealkylation sites (tertiary alicyclic amines) is 1. The molecule has 2 unspecified atom stereocenters. The Labute approximate surface area is 161 Å². The normalized spacial score (nSPS) is 20.4. The van der Waals surface area contributed by atoms with E-state index in [1.54, 1.807) is 0 Å². The second kappa shape index (κ2) is 7.18. The molecule has 28 heavy (non-hydrogen) atoms. The van der Waals surface area contributed by atoms with Crippen molar-refractivity contribution in [1.29, 1.82) is 0 Å². The van der Waals surface area contributed by atoms with Crippen LogP contribution >= 0.6 is 0 Å². The number of fused-ring (bicyclic) bond motifs is 1. The van der Waals surface area contributed by atoms with Gasteiger partial charge in [0.15, 0.2) is 11.0 Å². The largest absolute Gasteiger partial charge is 0.507 e. The second-order valence-corrected chi connectivity index (χ2v) is 7.22. The smallest absolute Gasteiger partial charge is 0.201 e. The predicted molar refractivity (Wildman–Crippen MR) is 106 cm³/mol. The fraction of sp³-hybridized carbons (Fsp3) is 0.286. The molecule has 2 heterocycles. The third-order valence-electron chi connectivity index (χ3n) is 5.19. The molecule has 0 radical (unpaired) electrons. The molecule has 4 rings (SSSR count). The predicted octanol–water partition coefficient (Wildman–Crippen LogP) is 2.73. The van der Waals surface area contributed by atoms with Gasteiger partial charge in [-0.2, -0.15) is 0 Å². The van der Waals surface area contributed by atoms with Gasteiger partial charge in [-0.05, 0) is 32.1 Å². The Morgan fingerprint density at radius 3 is 2.61 bits per heavy atom. The minimum absolute atomic E-state index is 0.00228. The van der Waals surface area contributed by atoms with E-state index in [0.29, 0.717) is 18.5 Å². The number of aliphatic hydroxyl groups excluding tert-OH is 1. The van der Waals surface area contributed by atoms with Crippen LogP contribution in [0.5, 0.6) is 11.5 Å². The van der Waals surface area contributed by atoms with E-state index in [9.17, 15) is 20.1 Å². The van der Waals surface area contributed by atoms with E-state index < -0.39 is 17.5 Å². The van der Waals surface area contributed by atoms with E-state index in [1.165, 1.54) is 6.07 Å². The van der Waals surface area contributed by atoms with Crippen molar-refractivity contribution in [3.05, 3.63) is 58.3 Å². The number of phenols is 2. The zero-order chi connectivity index (χ0) is 19.8. The number of aliphatic hydroxyl groups is 1. The molecule has 0 bridgehead atoms. The molecule has 1 fully saturated rings. The number of likely N-dealkylation sites (N-methyl/N-ethyl adjacent to an activating group) is 1. The first-order chi connectivity index (χ1) is 13.4. The number of nitrogens with zero attached hydrogens (tertiary/aromatic N) is 1. The number of hydrogen-bond acceptors (Lipinski definition) is 7. The molecule has 1 aliphatic rings. The van der Waals surface area contributed by atoms with Crippen molar-refractivity contribution in [2.24, 2.45) is 0 Å². The van der Waals surface area contributed by atoms with E-state index in [4.69, 9.17) is 4.42 Å². The maximum Gasteiger partial charge on any atom is 0.201 e. The zero-order valence-corrected chi connectivity index (χ0v) is 15.4. The molecule has 0 amide bonds. The lowest BCUT2D eigenvalue weighted by Gasteiger charge is -2.34. The summed E-state index contributed by atoms with van der Waals surface area (Å²) in [4.78, 5) is 14.7. The van der Waals surface area contributed by atoms with Gasteiger partial charge < -0.3 is 30.0 Å². The summed E-state index contributed by atoms with van der Waals surface area (Å²) in [6.45, 7) is 1.17. The summed E-state index contributed by atoms with van der Waals surface area (Å²) in [6, 6.07) is 11.6. The first-order valence-electron chi connectivity index (χ1n) is 9.15. The van der Waals surface area contributed by atoms with Crippen molar-refractivity contribution in [2.75, 3.05) is 25.5 Å². The molecule has 2 atom stereocenters. The molecule has 1 saturated heterocycles. The van der Waals surface area contributed by atoms with Crippen molar-refractivity contribution in [1.82, 2.24) is 4.90 Å². The van der Waals surface area contributed by atoms with Gasteiger partial charge in [0.25, 0.3) is 0 Å². The Balaban J connectivity index is 1.88. The highest BCUT2D eigenvalue weighted by Gasteiger charge is 2.32. The molecule has 0 aliphatic carbocycles. The summed E-state index contributed by atoms with van der Waals surface area (Å²) < 4.78 is 5.91. The number of rotatable bonds is 3. The quantitative estimate of drug-likeness (QED) is 0.552. The number of nitrogens with one attached hydrogen (secondary N) is 1. The number of anilines is 2. The van der Waals surface area contributed by atoms with Crippen LogP contribution < -0.4 is 10.7 Å². The lowest BCUT2D eigenvalue weighted by Crippen LogP contribution is -2.40. The molecular formula is C21H22N2O5. The first-order valence-corrected chi connectivity index (χ1v) is 9.15. The van der Waals surface area contributed by atoms with Crippen molar-refractivity contribution in [3.63, 3.8) is 0 Å². The number of hydrogen-bond donors (Lipinski definition) is 4. The van der Waals surface area contributed by atoms with Crippen molar-refractivity contribution >= 4 is 22.5 Å². The van der Waals surface area contributed by atoms with Crippen molar-refractivity contribution in [3.8, 4) is 11.5 Å². The fourth-order valence-electron chi connectivity index (χ4n) is 3.83. The van der Waals surface area contributed by atoms with Crippen LogP contribution in [0.25, 0.3) is 11.0 Å². The van der Waals surface area contributed by atoms with Crippen LogP contribution in [0.15, 0.2) is 51.7 Å². The number of β-amino-alcohol motifs (C(OH)–C–C–N with tert-alkyl or cyclic N) is 1. The molecule has 146 valence electrons. The van der Waals surface area contributed by atoms with E-state index in [2.05, 4.69) is 5.32 Å². The maximum atomic E-state index is 12.7. The van der Waals surface area contributed by atoms with Crippen LogP contribution in [0, 0.1) is 0 Å². The zero-order valence-electron chi connectivity index (χ0n) is 15.4. The van der Waals surface area contributed by atoms with Crippen LogP contribution in [-0.2, 0) is 0 Å². The minimum Gasteiger partial charge on any atom is -0.507 e. The van der Waals surface area contributed by atoms with Gasteiger partial charge in [0.05, 0.1) is 6.10 Å². The number of phenolic OH excluding ortho intramolecular Hbond substituents is 2. The Kier molecular flexibility index (Phi) is 4.70. The lowest BCUT2D eigenvalue weighted by molar-refractivity contribution is 0.0631. The Bertz CT molecular complexity index is 1060. The number of benzene rings is 2. The maximum absolute atomic E-state index is 12.7. The Hall–Kier alpha value is -3.03. The van der Waals surface area contributed by atoms with Crippen LogP contribution in [-0.4, -0.2) is 46.5 Å². The first kappa shape index (κ1) is 18.3. The minimum atomic E-state index is -0.728. The van der Waals surface area contributed by atoms with Crippen molar-refractivity contribution < 1.29 is 19.7 Å². The van der Waals surface area contributed by atoms with E-state index in [1.807, 2.05) is 42.3 Å². The summed E-state index contributed by atoms with van der Waals surface area (Å²) in [6.07, 6.45) is -0.140. The summed E-state index contributed by atoms with van der Waals surface area (Å²) in [5, 5.41) is 34.4. The van der Waals surface area contributed by atoms with E-state index in [0.717, 1.165) is 18.3 Å². The monoisotopic (exact) mass is 382 g/mol. The van der Waals surface area contributed by atoms with Crippen LogP contribution in [0.4, 0.5) is 11.6 Å². The fourth-order valence-corrected chi connectivity index (χ4v) is 3.83. The third kappa shape index (κ3) is 3.30. The average molecular weight is 382 g/mol. The molecule has 1 aliphatic heterocycles. The molecule has 0 saturated carbocycles. The van der Waals surface area contributed by atoms with Gasteiger partial charge in [-0.25, -0.2) is 0 Å². The average Bonchev–Trinajstić information content (AvgIpc) is 2.63. The van der Waals surface area contributed by atoms with Crippen LogP contribution in [0.3, 0.4) is 0 Å². The number of piperidine rings is 1. The third-order valence-corrected chi connectivity index (χ3v) is 5.19. The van der Waals surface area contributed by atoms with Gasteiger partial charge in [-0.1, -0.05) is 18.2 Å². The molecule has 0 spiro atoms. The second-order valence-electron chi connectivity index (χ2n) is 7.22. The molecular weight excluding hydrogens is 360 g/mol.